The predicted octanol–water partition coefficient (Wildman–Crippen LogP) is 4.36. The predicted molar refractivity (Wildman–Crippen MR) is 138 cm³/mol. The van der Waals surface area contributed by atoms with Crippen LogP contribution in [0.25, 0.3) is 0 Å². The molecule has 1 heterocycles. The van der Waals surface area contributed by atoms with E-state index in [1.807, 2.05) is 0 Å². The van der Waals surface area contributed by atoms with E-state index in [0.717, 1.165) is 0 Å². The fraction of sp³-hybridized carbons (Fsp3) is 0.520. The Hall–Kier alpha value is -3.57. The molecule has 16 heteroatoms. The Morgan fingerprint density at radius 1 is 0.829 bits per heavy atom. The number of nitro benzene ring substituents is 2. The number of alkyl halides is 3. The van der Waals surface area contributed by atoms with Crippen LogP contribution in [-0.2, 0) is 29.9 Å². The first-order valence-corrected chi connectivity index (χ1v) is 12.6. The third kappa shape index (κ3) is 10.4. The lowest BCUT2D eigenvalue weighted by Crippen LogP contribution is -2.25. The van der Waals surface area contributed by atoms with Gasteiger partial charge in [-0.15, -0.1) is 0 Å². The molecule has 0 saturated carbocycles. The van der Waals surface area contributed by atoms with Crippen molar-refractivity contribution in [3.8, 4) is 5.75 Å². The number of hydrogen-bond donors (Lipinski definition) is 1. The van der Waals surface area contributed by atoms with E-state index in [-0.39, 0.29) is 43.2 Å². The second-order valence-corrected chi connectivity index (χ2v) is 8.68. The standard InChI is InChI=1S/C25H30F3N3O10/c26-25(27,28)20-13-19(30(32)33)14-22(31(34)35)24(20)29-21-3-1-2-4-23(21)41-17-18-15-39-11-9-37-7-5-36-6-8-38-10-12-40-16-18/h1-4,13-14,18,29H,5-12,15-17H2. The van der Waals surface area contributed by atoms with Gasteiger partial charge in [0, 0.05) is 12.0 Å². The van der Waals surface area contributed by atoms with Gasteiger partial charge >= 0.3 is 6.18 Å². The number of anilines is 2. The van der Waals surface area contributed by atoms with Crippen molar-refractivity contribution in [3.63, 3.8) is 0 Å². The number of non-ortho nitro benzene ring substituents is 1. The first kappa shape index (κ1) is 32.0. The highest BCUT2D eigenvalue weighted by Crippen LogP contribution is 2.44. The Balaban J connectivity index is 1.77. The Kier molecular flexibility index (Phi) is 12.5. The van der Waals surface area contributed by atoms with Crippen LogP contribution in [0.4, 0.5) is 35.9 Å². The number of benzene rings is 2. The molecule has 0 spiro atoms. The number of para-hydroxylation sites is 2. The highest BCUT2D eigenvalue weighted by Gasteiger charge is 2.40. The van der Waals surface area contributed by atoms with Crippen LogP contribution >= 0.6 is 0 Å². The van der Waals surface area contributed by atoms with Gasteiger partial charge in [-0.1, -0.05) is 12.1 Å². The second kappa shape index (κ2) is 16.0. The minimum Gasteiger partial charge on any atom is -0.491 e. The summed E-state index contributed by atoms with van der Waals surface area (Å²) in [5.41, 5.74) is -4.72. The summed E-state index contributed by atoms with van der Waals surface area (Å²) in [4.78, 5) is 20.5. The van der Waals surface area contributed by atoms with Crippen LogP contribution in [0.15, 0.2) is 36.4 Å². The van der Waals surface area contributed by atoms with Gasteiger partial charge in [0.2, 0.25) is 0 Å². The molecule has 1 fully saturated rings. The Morgan fingerprint density at radius 3 is 1.88 bits per heavy atom. The summed E-state index contributed by atoms with van der Waals surface area (Å²) in [5, 5.41) is 25.2. The average molecular weight is 590 g/mol. The number of nitro groups is 2. The van der Waals surface area contributed by atoms with Crippen molar-refractivity contribution in [2.24, 2.45) is 5.92 Å². The van der Waals surface area contributed by atoms with E-state index in [0.29, 0.717) is 58.9 Å². The van der Waals surface area contributed by atoms with Gasteiger partial charge in [0.1, 0.15) is 11.4 Å². The molecule has 3 rings (SSSR count). The number of hydrogen-bond acceptors (Lipinski definition) is 11. The molecule has 13 nitrogen and oxygen atoms in total. The normalized spacial score (nSPS) is 17.0. The number of nitrogens with one attached hydrogen (secondary N) is 1. The molecular weight excluding hydrogens is 559 g/mol. The quantitative estimate of drug-likeness (QED) is 0.362. The SMILES string of the molecule is O=[N+]([O-])c1cc([N+](=O)[O-])c(Nc2ccccc2OCC2COCCOCCOCCOCCOC2)c(C(F)(F)F)c1. The maximum Gasteiger partial charge on any atom is 0.418 e. The molecule has 0 atom stereocenters. The van der Waals surface area contributed by atoms with Crippen molar-refractivity contribution in [2.75, 3.05) is 78.0 Å². The summed E-state index contributed by atoms with van der Waals surface area (Å²) in [6, 6.07) is 6.60. The van der Waals surface area contributed by atoms with Gasteiger partial charge in [-0.25, -0.2) is 0 Å². The van der Waals surface area contributed by atoms with E-state index in [4.69, 9.17) is 28.4 Å². The van der Waals surface area contributed by atoms with Gasteiger partial charge in [-0.3, -0.25) is 20.2 Å². The van der Waals surface area contributed by atoms with E-state index in [9.17, 15) is 33.4 Å². The zero-order valence-corrected chi connectivity index (χ0v) is 21.9. The summed E-state index contributed by atoms with van der Waals surface area (Å²) < 4.78 is 74.9. The van der Waals surface area contributed by atoms with E-state index < -0.39 is 38.6 Å². The molecule has 2 aromatic rings. The molecular formula is C25H30F3N3O10. The minimum atomic E-state index is -5.13. The zero-order chi connectivity index (χ0) is 29.7. The van der Waals surface area contributed by atoms with Crippen LogP contribution in [0.2, 0.25) is 0 Å². The molecule has 0 radical (unpaired) electrons. The fourth-order valence-electron chi connectivity index (χ4n) is 3.68. The molecule has 0 aromatic heterocycles. The van der Waals surface area contributed by atoms with Crippen LogP contribution in [-0.4, -0.2) is 82.5 Å². The lowest BCUT2D eigenvalue weighted by molar-refractivity contribution is -0.394. The first-order chi connectivity index (χ1) is 19.7. The van der Waals surface area contributed by atoms with Crippen LogP contribution in [0.1, 0.15) is 5.56 Å². The maximum atomic E-state index is 13.8. The van der Waals surface area contributed by atoms with Gasteiger partial charge in [0.05, 0.1) is 99.8 Å². The average Bonchev–Trinajstić information content (AvgIpc) is 2.92. The van der Waals surface area contributed by atoms with E-state index in [1.54, 1.807) is 6.07 Å². The number of halogens is 3. The lowest BCUT2D eigenvalue weighted by Gasteiger charge is -2.21. The van der Waals surface area contributed by atoms with Crippen molar-refractivity contribution in [3.05, 3.63) is 62.2 Å². The molecule has 1 N–H and O–H groups in total. The molecule has 0 amide bonds. The summed E-state index contributed by atoms with van der Waals surface area (Å²) in [5.74, 6) is -0.203. The third-order valence-electron chi connectivity index (χ3n) is 5.63. The fourth-order valence-corrected chi connectivity index (χ4v) is 3.68. The molecule has 0 unspecified atom stereocenters. The highest BCUT2D eigenvalue weighted by atomic mass is 19.4. The van der Waals surface area contributed by atoms with Gasteiger partial charge in [0.15, 0.2) is 0 Å². The Morgan fingerprint density at radius 2 is 1.37 bits per heavy atom. The zero-order valence-electron chi connectivity index (χ0n) is 21.9. The van der Waals surface area contributed by atoms with Crippen LogP contribution in [0.5, 0.6) is 5.75 Å². The van der Waals surface area contributed by atoms with Gasteiger partial charge in [-0.2, -0.15) is 13.2 Å². The number of ether oxygens (including phenoxy) is 6. The second-order valence-electron chi connectivity index (χ2n) is 8.68. The van der Waals surface area contributed by atoms with Crippen molar-refractivity contribution in [1.82, 2.24) is 0 Å². The van der Waals surface area contributed by atoms with E-state index in [1.165, 1.54) is 18.2 Å². The summed E-state index contributed by atoms with van der Waals surface area (Å²) in [7, 11) is 0. The maximum absolute atomic E-state index is 13.8. The first-order valence-electron chi connectivity index (χ1n) is 12.6. The molecule has 41 heavy (non-hydrogen) atoms. The van der Waals surface area contributed by atoms with Crippen molar-refractivity contribution in [2.45, 2.75) is 6.18 Å². The molecule has 1 aliphatic rings. The highest BCUT2D eigenvalue weighted by molar-refractivity contribution is 5.78. The molecule has 226 valence electrons. The van der Waals surface area contributed by atoms with Gasteiger partial charge < -0.3 is 33.7 Å². The molecule has 0 bridgehead atoms. The van der Waals surface area contributed by atoms with E-state index >= 15 is 0 Å². The molecule has 1 aliphatic heterocycles. The Labute approximate surface area is 232 Å². The van der Waals surface area contributed by atoms with Crippen LogP contribution in [0, 0.1) is 26.1 Å². The minimum absolute atomic E-state index is 0.0194. The van der Waals surface area contributed by atoms with Crippen LogP contribution < -0.4 is 10.1 Å². The molecule has 0 aliphatic carbocycles. The van der Waals surface area contributed by atoms with Gasteiger partial charge in [0.25, 0.3) is 11.4 Å². The number of nitrogens with zero attached hydrogens (tertiary/aromatic N) is 2. The summed E-state index contributed by atoms with van der Waals surface area (Å²) in [6.07, 6.45) is -5.13. The van der Waals surface area contributed by atoms with Crippen LogP contribution in [0.3, 0.4) is 0 Å². The molecule has 1 saturated heterocycles. The van der Waals surface area contributed by atoms with Crippen molar-refractivity contribution in [1.29, 1.82) is 0 Å². The largest absolute Gasteiger partial charge is 0.491 e. The Bertz CT molecular complexity index is 1140. The summed E-state index contributed by atoms with van der Waals surface area (Å²) in [6.45, 7) is 3.45. The topological polar surface area (TPSA) is 154 Å². The van der Waals surface area contributed by atoms with E-state index in [2.05, 4.69) is 5.32 Å². The monoisotopic (exact) mass is 589 g/mol. The smallest absolute Gasteiger partial charge is 0.418 e. The molecule has 2 aromatic carbocycles. The summed E-state index contributed by atoms with van der Waals surface area (Å²) >= 11 is 0. The lowest BCUT2D eigenvalue weighted by atomic mass is 10.1. The van der Waals surface area contributed by atoms with Crippen molar-refractivity contribution >= 4 is 22.7 Å². The third-order valence-corrected chi connectivity index (χ3v) is 5.63. The van der Waals surface area contributed by atoms with Crippen molar-refractivity contribution < 1.29 is 51.4 Å². The van der Waals surface area contributed by atoms with Gasteiger partial charge in [-0.05, 0) is 12.1 Å². The number of rotatable bonds is 7.